The van der Waals surface area contributed by atoms with Crippen LogP contribution in [0.3, 0.4) is 0 Å². The number of nitrogens with zero attached hydrogens (tertiary/aromatic N) is 1. The second-order valence-corrected chi connectivity index (χ2v) is 11.9. The Hall–Kier alpha value is -2.97. The molecule has 0 radical (unpaired) electrons. The fraction of sp³-hybridized carbons (Fsp3) is 0.345. The van der Waals surface area contributed by atoms with Crippen molar-refractivity contribution in [1.29, 1.82) is 0 Å². The highest BCUT2D eigenvalue weighted by Crippen LogP contribution is 2.28. The molecule has 1 aliphatic carbocycles. The number of carbonyl (C=O) groups is 1. The average Bonchev–Trinajstić information content (AvgIpc) is 2.92. The van der Waals surface area contributed by atoms with E-state index in [2.05, 4.69) is 23.5 Å². The van der Waals surface area contributed by atoms with Crippen LogP contribution in [0.15, 0.2) is 76.5 Å². The molecule has 0 fully saturated rings. The van der Waals surface area contributed by atoms with Crippen LogP contribution in [0.25, 0.3) is 0 Å². The van der Waals surface area contributed by atoms with Gasteiger partial charge in [0.05, 0.1) is 23.2 Å². The molecule has 1 N–H and O–H groups in total. The fourth-order valence-corrected chi connectivity index (χ4v) is 6.42. The van der Waals surface area contributed by atoms with Crippen molar-refractivity contribution >= 4 is 33.4 Å². The Morgan fingerprint density at radius 3 is 2.32 bits per heavy atom. The summed E-state index contributed by atoms with van der Waals surface area (Å²) in [6, 6.07) is 19.6. The van der Waals surface area contributed by atoms with Gasteiger partial charge in [0, 0.05) is 4.90 Å². The van der Waals surface area contributed by atoms with E-state index in [1.165, 1.54) is 35.7 Å². The average molecular weight is 539 g/mol. The van der Waals surface area contributed by atoms with E-state index >= 15 is 0 Å². The summed E-state index contributed by atoms with van der Waals surface area (Å²) in [5.74, 6) is 0.266. The second-order valence-electron chi connectivity index (χ2n) is 9.14. The molecule has 0 spiro atoms. The van der Waals surface area contributed by atoms with Crippen LogP contribution in [-0.2, 0) is 27.7 Å². The maximum absolute atomic E-state index is 13.7. The van der Waals surface area contributed by atoms with Gasteiger partial charge in [-0.3, -0.25) is 9.10 Å². The Morgan fingerprint density at radius 2 is 1.68 bits per heavy atom. The molecular weight excluding hydrogens is 504 g/mol. The fourth-order valence-electron chi connectivity index (χ4n) is 4.59. The summed E-state index contributed by atoms with van der Waals surface area (Å²) in [4.78, 5) is 14.3. The maximum atomic E-state index is 13.7. The monoisotopic (exact) mass is 538 g/mol. The minimum absolute atomic E-state index is 0.134. The Balaban J connectivity index is 1.57. The van der Waals surface area contributed by atoms with Crippen molar-refractivity contribution in [2.75, 3.05) is 23.7 Å². The third-order valence-electron chi connectivity index (χ3n) is 6.62. The quantitative estimate of drug-likeness (QED) is 0.332. The van der Waals surface area contributed by atoms with E-state index in [9.17, 15) is 13.2 Å². The van der Waals surface area contributed by atoms with Gasteiger partial charge in [-0.05, 0) is 111 Å². The molecule has 0 bridgehead atoms. The minimum atomic E-state index is -3.99. The number of hydrogen-bond donors (Lipinski definition) is 1. The Bertz CT molecular complexity index is 1320. The third kappa shape index (κ3) is 6.48. The van der Waals surface area contributed by atoms with Crippen LogP contribution in [0, 0.1) is 0 Å². The zero-order valence-electron chi connectivity index (χ0n) is 21.6. The Morgan fingerprint density at radius 1 is 1.00 bits per heavy atom. The highest BCUT2D eigenvalue weighted by atomic mass is 32.2. The first-order valence-corrected chi connectivity index (χ1v) is 15.3. The molecule has 1 atom stereocenters. The van der Waals surface area contributed by atoms with Crippen LogP contribution in [0.1, 0.15) is 49.4 Å². The summed E-state index contributed by atoms with van der Waals surface area (Å²) in [5, 5.41) is 3.00. The van der Waals surface area contributed by atoms with Gasteiger partial charge in [-0.1, -0.05) is 18.2 Å². The predicted octanol–water partition coefficient (Wildman–Crippen LogP) is 5.76. The molecule has 0 aliphatic heterocycles. The van der Waals surface area contributed by atoms with Crippen molar-refractivity contribution in [3.63, 3.8) is 0 Å². The number of carbonyl (C=O) groups excluding carboxylic acids is 1. The molecule has 0 heterocycles. The number of aryl methyl sites for hydroxylation is 2. The summed E-state index contributed by atoms with van der Waals surface area (Å²) in [6.07, 6.45) is 6.49. The second kappa shape index (κ2) is 12.0. The molecule has 0 saturated carbocycles. The number of benzene rings is 3. The van der Waals surface area contributed by atoms with Crippen molar-refractivity contribution in [2.24, 2.45) is 0 Å². The first kappa shape index (κ1) is 27.1. The highest BCUT2D eigenvalue weighted by Gasteiger charge is 2.28. The molecule has 6 nitrogen and oxygen atoms in total. The molecule has 3 aromatic rings. The van der Waals surface area contributed by atoms with E-state index in [0.717, 1.165) is 27.6 Å². The van der Waals surface area contributed by atoms with Gasteiger partial charge in [0.2, 0.25) is 5.91 Å². The van der Waals surface area contributed by atoms with E-state index in [0.29, 0.717) is 18.0 Å². The van der Waals surface area contributed by atoms with Crippen LogP contribution in [0.4, 0.5) is 5.69 Å². The topological polar surface area (TPSA) is 75.7 Å². The number of fused-ring (bicyclic) bond motifs is 1. The lowest BCUT2D eigenvalue weighted by atomic mass is 9.89. The molecule has 0 aromatic heterocycles. The first-order valence-electron chi connectivity index (χ1n) is 12.6. The summed E-state index contributed by atoms with van der Waals surface area (Å²) in [6.45, 7) is 3.98. The van der Waals surface area contributed by atoms with E-state index in [4.69, 9.17) is 4.74 Å². The molecular formula is C29H34N2O4S2. The summed E-state index contributed by atoms with van der Waals surface area (Å²) < 4.78 is 34.1. The SMILES string of the molecule is CCOc1ccc(N(CC(=O)N[C@H](C)c2ccc3c(c2)CCCC3)S(=O)(=O)c2ccc(SC)cc2)cc1. The lowest BCUT2D eigenvalue weighted by molar-refractivity contribution is -0.120. The summed E-state index contributed by atoms with van der Waals surface area (Å²) in [5.41, 5.74) is 4.15. The molecule has 4 rings (SSSR count). The van der Waals surface area contributed by atoms with Gasteiger partial charge in [0.15, 0.2) is 0 Å². The van der Waals surface area contributed by atoms with Crippen LogP contribution in [-0.4, -0.2) is 33.7 Å². The molecule has 0 unspecified atom stereocenters. The first-order chi connectivity index (χ1) is 17.8. The Labute approximate surface area is 224 Å². The molecule has 1 aliphatic rings. The number of nitrogens with one attached hydrogen (secondary N) is 1. The zero-order valence-corrected chi connectivity index (χ0v) is 23.2. The summed E-state index contributed by atoms with van der Waals surface area (Å²) >= 11 is 1.54. The number of ether oxygens (including phenoxy) is 1. The lowest BCUT2D eigenvalue weighted by Crippen LogP contribution is -2.41. The number of thioether (sulfide) groups is 1. The van der Waals surface area contributed by atoms with Crippen molar-refractivity contribution in [3.05, 3.63) is 83.4 Å². The van der Waals surface area contributed by atoms with Gasteiger partial charge in [0.1, 0.15) is 12.3 Å². The number of hydrogen-bond acceptors (Lipinski definition) is 5. The third-order valence-corrected chi connectivity index (χ3v) is 9.15. The number of anilines is 1. The van der Waals surface area contributed by atoms with Gasteiger partial charge >= 0.3 is 0 Å². The molecule has 1 amide bonds. The maximum Gasteiger partial charge on any atom is 0.264 e. The number of amides is 1. The van der Waals surface area contributed by atoms with Crippen LogP contribution in [0.5, 0.6) is 5.75 Å². The van der Waals surface area contributed by atoms with Crippen LogP contribution < -0.4 is 14.4 Å². The molecule has 196 valence electrons. The normalized spacial score (nSPS) is 13.9. The van der Waals surface area contributed by atoms with Crippen molar-refractivity contribution < 1.29 is 17.9 Å². The minimum Gasteiger partial charge on any atom is -0.494 e. The molecule has 37 heavy (non-hydrogen) atoms. The lowest BCUT2D eigenvalue weighted by Gasteiger charge is -2.26. The van der Waals surface area contributed by atoms with Gasteiger partial charge in [-0.2, -0.15) is 0 Å². The van der Waals surface area contributed by atoms with Gasteiger partial charge < -0.3 is 10.1 Å². The van der Waals surface area contributed by atoms with Gasteiger partial charge in [0.25, 0.3) is 10.0 Å². The predicted molar refractivity (Wildman–Crippen MR) is 150 cm³/mol. The van der Waals surface area contributed by atoms with E-state index in [1.807, 2.05) is 20.1 Å². The number of sulfonamides is 1. The van der Waals surface area contributed by atoms with E-state index in [-0.39, 0.29) is 23.4 Å². The highest BCUT2D eigenvalue weighted by molar-refractivity contribution is 7.98. The van der Waals surface area contributed by atoms with Crippen LogP contribution in [0.2, 0.25) is 0 Å². The van der Waals surface area contributed by atoms with Crippen molar-refractivity contribution in [3.8, 4) is 5.75 Å². The molecule has 3 aromatic carbocycles. The standard InChI is InChI=1S/C29H34N2O4S2/c1-4-35-26-13-11-25(12-14-26)31(37(33,34)28-17-15-27(36-3)16-18-28)20-29(32)30-21(2)23-10-9-22-7-5-6-8-24(22)19-23/h9-19,21H,4-8,20H2,1-3H3,(H,30,32)/t21-/m1/s1. The summed E-state index contributed by atoms with van der Waals surface area (Å²) in [7, 11) is -3.99. The van der Waals surface area contributed by atoms with Crippen LogP contribution >= 0.6 is 11.8 Å². The smallest absolute Gasteiger partial charge is 0.264 e. The molecule has 0 saturated heterocycles. The van der Waals surface area contributed by atoms with E-state index in [1.54, 1.807) is 48.5 Å². The Kier molecular flexibility index (Phi) is 8.82. The molecule has 8 heteroatoms. The number of rotatable bonds is 10. The van der Waals surface area contributed by atoms with E-state index < -0.39 is 10.0 Å². The van der Waals surface area contributed by atoms with Crippen molar-refractivity contribution in [2.45, 2.75) is 55.4 Å². The van der Waals surface area contributed by atoms with Crippen molar-refractivity contribution in [1.82, 2.24) is 5.32 Å². The largest absolute Gasteiger partial charge is 0.494 e. The van der Waals surface area contributed by atoms with Gasteiger partial charge in [-0.15, -0.1) is 11.8 Å². The zero-order chi connectivity index (χ0) is 26.4. The van der Waals surface area contributed by atoms with Gasteiger partial charge in [-0.25, -0.2) is 8.42 Å².